The molecule has 5 heteroatoms. The van der Waals surface area contributed by atoms with Gasteiger partial charge in [-0.05, 0) is 46.9 Å². The highest BCUT2D eigenvalue weighted by Gasteiger charge is 2.51. The van der Waals surface area contributed by atoms with Crippen LogP contribution in [0.5, 0.6) is 0 Å². The summed E-state index contributed by atoms with van der Waals surface area (Å²) in [5, 5.41) is 11.2. The number of hydrogen-bond acceptors (Lipinski definition) is 3. The lowest BCUT2D eigenvalue weighted by molar-refractivity contribution is 0.646. The van der Waals surface area contributed by atoms with E-state index in [0.29, 0.717) is 5.92 Å². The largest absolute Gasteiger partial charge is 0.324 e. The predicted molar refractivity (Wildman–Crippen MR) is 136 cm³/mol. The van der Waals surface area contributed by atoms with Crippen LogP contribution in [-0.2, 0) is 6.42 Å². The quantitative estimate of drug-likeness (QED) is 0.359. The van der Waals surface area contributed by atoms with Crippen LogP contribution in [0, 0.1) is 0 Å². The fourth-order valence-electron chi connectivity index (χ4n) is 4.69. The molecule has 2 N–H and O–H groups in total. The number of nitrogens with zero attached hydrogens (tertiary/aromatic N) is 3. The molecular formula is C28H25ClN4. The Morgan fingerprint density at radius 2 is 1.58 bits per heavy atom. The van der Waals surface area contributed by atoms with E-state index in [2.05, 4.69) is 77.0 Å². The van der Waals surface area contributed by atoms with Gasteiger partial charge in [-0.3, -0.25) is 0 Å². The lowest BCUT2D eigenvalue weighted by atomic mass is 9.97. The molecule has 1 aromatic heterocycles. The molecule has 4 aromatic carbocycles. The number of rotatable bonds is 5. The molecule has 0 radical (unpaired) electrons. The van der Waals surface area contributed by atoms with Crippen LogP contribution in [-0.4, -0.2) is 20.5 Å². The van der Waals surface area contributed by atoms with E-state index in [-0.39, 0.29) is 17.9 Å². The topological polar surface area (TPSA) is 56.7 Å². The van der Waals surface area contributed by atoms with E-state index in [9.17, 15) is 0 Å². The molecule has 5 aromatic rings. The molecule has 1 aliphatic carbocycles. The van der Waals surface area contributed by atoms with Crippen LogP contribution in [0.25, 0.3) is 27.7 Å². The average molecular weight is 453 g/mol. The van der Waals surface area contributed by atoms with Gasteiger partial charge in [0.2, 0.25) is 0 Å². The summed E-state index contributed by atoms with van der Waals surface area (Å²) in [5.74, 6) is 0.388. The Labute approximate surface area is 199 Å². The minimum atomic E-state index is -0.169. The summed E-state index contributed by atoms with van der Waals surface area (Å²) in [6.07, 6.45) is 3.88. The van der Waals surface area contributed by atoms with Gasteiger partial charge in [-0.1, -0.05) is 90.1 Å². The van der Waals surface area contributed by atoms with Crippen LogP contribution in [0.2, 0.25) is 0 Å². The Bertz CT molecular complexity index is 1390. The standard InChI is InChI=1S/C28H24N4.ClH/c29-28(17-20-10-11-21-6-4-5-9-24(21)16-20)18-26(28)22-12-14-25(15-13-22)32-19-27(30-31-32)23-7-2-1-3-8-23;/h1-16,19,26H,17-18,29H2;1H/t26-,28-;/m0./s1. The van der Waals surface area contributed by atoms with Crippen molar-refractivity contribution < 1.29 is 0 Å². The first-order chi connectivity index (χ1) is 15.7. The molecule has 0 saturated heterocycles. The summed E-state index contributed by atoms with van der Waals surface area (Å²) in [7, 11) is 0. The third-order valence-corrected chi connectivity index (χ3v) is 6.59. The second-order valence-corrected chi connectivity index (χ2v) is 8.85. The van der Waals surface area contributed by atoms with Crippen molar-refractivity contribution in [3.05, 3.63) is 114 Å². The number of nitrogens with two attached hydrogens (primary N) is 1. The Balaban J connectivity index is 0.00000228. The van der Waals surface area contributed by atoms with Crippen molar-refractivity contribution in [3.8, 4) is 16.9 Å². The van der Waals surface area contributed by atoms with Gasteiger partial charge in [0, 0.05) is 17.0 Å². The third-order valence-electron chi connectivity index (χ3n) is 6.59. The molecule has 1 fully saturated rings. The highest BCUT2D eigenvalue weighted by Crippen LogP contribution is 2.51. The first-order valence-corrected chi connectivity index (χ1v) is 11.0. The van der Waals surface area contributed by atoms with E-state index < -0.39 is 0 Å². The van der Waals surface area contributed by atoms with Crippen LogP contribution in [0.3, 0.4) is 0 Å². The zero-order valence-corrected chi connectivity index (χ0v) is 19.0. The number of halogens is 1. The molecule has 0 unspecified atom stereocenters. The van der Waals surface area contributed by atoms with Gasteiger partial charge in [0.1, 0.15) is 5.69 Å². The monoisotopic (exact) mass is 452 g/mol. The van der Waals surface area contributed by atoms with E-state index in [1.165, 1.54) is 21.9 Å². The summed E-state index contributed by atoms with van der Waals surface area (Å²) in [5.41, 5.74) is 12.2. The van der Waals surface area contributed by atoms with Crippen molar-refractivity contribution in [2.75, 3.05) is 0 Å². The molecule has 1 heterocycles. The van der Waals surface area contributed by atoms with Crippen LogP contribution in [0.15, 0.2) is 103 Å². The Morgan fingerprint density at radius 3 is 2.36 bits per heavy atom. The maximum atomic E-state index is 6.79. The average Bonchev–Trinajstić information content (AvgIpc) is 3.26. The molecular weight excluding hydrogens is 428 g/mol. The molecule has 0 spiro atoms. The molecule has 33 heavy (non-hydrogen) atoms. The zero-order chi connectivity index (χ0) is 21.5. The SMILES string of the molecule is Cl.N[C@@]1(Cc2ccc3ccccc3c2)C[C@H]1c1ccc(-n2cc(-c3ccccc3)nn2)cc1. The van der Waals surface area contributed by atoms with Crippen LogP contribution < -0.4 is 5.73 Å². The Kier molecular flexibility index (Phi) is 5.49. The maximum absolute atomic E-state index is 6.79. The van der Waals surface area contributed by atoms with E-state index in [1.54, 1.807) is 0 Å². The summed E-state index contributed by atoms with van der Waals surface area (Å²) < 4.78 is 1.82. The molecule has 2 atom stereocenters. The molecule has 4 nitrogen and oxygen atoms in total. The van der Waals surface area contributed by atoms with Gasteiger partial charge >= 0.3 is 0 Å². The predicted octanol–water partition coefficient (Wildman–Crippen LogP) is 5.94. The first kappa shape index (κ1) is 21.4. The maximum Gasteiger partial charge on any atom is 0.113 e. The summed E-state index contributed by atoms with van der Waals surface area (Å²) in [6, 6.07) is 33.8. The second-order valence-electron chi connectivity index (χ2n) is 8.85. The van der Waals surface area contributed by atoms with Crippen molar-refractivity contribution >= 4 is 23.2 Å². The minimum Gasteiger partial charge on any atom is -0.324 e. The van der Waals surface area contributed by atoms with Crippen molar-refractivity contribution in [1.29, 1.82) is 0 Å². The van der Waals surface area contributed by atoms with Gasteiger partial charge in [-0.15, -0.1) is 17.5 Å². The fraction of sp³-hybridized carbons (Fsp3) is 0.143. The first-order valence-electron chi connectivity index (χ1n) is 11.0. The van der Waals surface area contributed by atoms with Crippen molar-refractivity contribution in [1.82, 2.24) is 15.0 Å². The van der Waals surface area contributed by atoms with Gasteiger partial charge in [0.15, 0.2) is 0 Å². The highest BCUT2D eigenvalue weighted by atomic mass is 35.5. The summed E-state index contributed by atoms with van der Waals surface area (Å²) >= 11 is 0. The highest BCUT2D eigenvalue weighted by molar-refractivity contribution is 5.85. The van der Waals surface area contributed by atoms with Crippen molar-refractivity contribution in [3.63, 3.8) is 0 Å². The van der Waals surface area contributed by atoms with Gasteiger partial charge in [-0.25, -0.2) is 4.68 Å². The molecule has 1 saturated carbocycles. The van der Waals surface area contributed by atoms with Gasteiger partial charge in [0.05, 0.1) is 11.9 Å². The molecule has 164 valence electrons. The Hall–Kier alpha value is -3.47. The van der Waals surface area contributed by atoms with Gasteiger partial charge in [0.25, 0.3) is 0 Å². The molecule has 0 amide bonds. The van der Waals surface area contributed by atoms with Crippen LogP contribution in [0.4, 0.5) is 0 Å². The van der Waals surface area contributed by atoms with E-state index in [0.717, 1.165) is 29.8 Å². The smallest absolute Gasteiger partial charge is 0.113 e. The molecule has 0 bridgehead atoms. The van der Waals surface area contributed by atoms with E-state index >= 15 is 0 Å². The van der Waals surface area contributed by atoms with Crippen LogP contribution in [0.1, 0.15) is 23.5 Å². The van der Waals surface area contributed by atoms with E-state index in [4.69, 9.17) is 5.73 Å². The fourth-order valence-corrected chi connectivity index (χ4v) is 4.69. The van der Waals surface area contributed by atoms with Crippen LogP contribution >= 0.6 is 12.4 Å². The second kappa shape index (κ2) is 8.47. The van der Waals surface area contributed by atoms with Gasteiger partial charge in [-0.2, -0.15) is 0 Å². The molecule has 6 rings (SSSR count). The number of hydrogen-bond donors (Lipinski definition) is 1. The lowest BCUT2D eigenvalue weighted by Crippen LogP contribution is -2.27. The van der Waals surface area contributed by atoms with E-state index in [1.807, 2.05) is 41.2 Å². The summed E-state index contributed by atoms with van der Waals surface area (Å²) in [6.45, 7) is 0. The lowest BCUT2D eigenvalue weighted by Gasteiger charge is -2.13. The van der Waals surface area contributed by atoms with Gasteiger partial charge < -0.3 is 5.73 Å². The molecule has 0 aliphatic heterocycles. The van der Waals surface area contributed by atoms with Crippen molar-refractivity contribution in [2.24, 2.45) is 5.73 Å². The van der Waals surface area contributed by atoms with Crippen molar-refractivity contribution in [2.45, 2.75) is 24.3 Å². The normalized spacial score (nSPS) is 19.2. The summed E-state index contributed by atoms with van der Waals surface area (Å²) in [4.78, 5) is 0. The Morgan fingerprint density at radius 1 is 0.848 bits per heavy atom. The molecule has 1 aliphatic rings. The third kappa shape index (κ3) is 4.15. The zero-order valence-electron chi connectivity index (χ0n) is 18.1. The number of fused-ring (bicyclic) bond motifs is 1. The minimum absolute atomic E-state index is 0. The number of aromatic nitrogens is 3. The number of benzene rings is 4.